The monoisotopic (exact) mass is 448 g/mol. The standard InChI is InChI=1S/C20H21ClN4O4S/c1-22-19(28)15-4-2-8-25(15)17(26)11-23-18(27)12-6-7-13(21)14(10-12)24-20(29)16-5-3-9-30-16/h3,5-7,9-10,15H,2,4,8,11H2,1H3,(H,22,28)(H,23,27)(H,24,29). The van der Waals surface area contributed by atoms with E-state index in [1.807, 2.05) is 0 Å². The number of hydrogen-bond donors (Lipinski definition) is 3. The topological polar surface area (TPSA) is 108 Å². The maximum absolute atomic E-state index is 12.5. The zero-order chi connectivity index (χ0) is 21.7. The molecule has 1 aliphatic rings. The summed E-state index contributed by atoms with van der Waals surface area (Å²) >= 11 is 7.43. The van der Waals surface area contributed by atoms with Crippen molar-refractivity contribution in [3.63, 3.8) is 0 Å². The van der Waals surface area contributed by atoms with E-state index in [2.05, 4.69) is 16.0 Å². The number of thiophene rings is 1. The summed E-state index contributed by atoms with van der Waals surface area (Å²) in [5.41, 5.74) is 0.547. The van der Waals surface area contributed by atoms with Crippen molar-refractivity contribution in [3.8, 4) is 0 Å². The van der Waals surface area contributed by atoms with Crippen molar-refractivity contribution < 1.29 is 19.2 Å². The van der Waals surface area contributed by atoms with Crippen molar-refractivity contribution in [2.45, 2.75) is 18.9 Å². The van der Waals surface area contributed by atoms with Gasteiger partial charge in [-0.3, -0.25) is 19.2 Å². The number of anilines is 1. The predicted octanol–water partition coefficient (Wildman–Crippen LogP) is 2.12. The molecule has 8 nitrogen and oxygen atoms in total. The number of halogens is 1. The predicted molar refractivity (Wildman–Crippen MR) is 115 cm³/mol. The summed E-state index contributed by atoms with van der Waals surface area (Å²) in [5.74, 6) is -1.35. The van der Waals surface area contributed by atoms with Crippen LogP contribution in [0.4, 0.5) is 5.69 Å². The first-order valence-corrected chi connectivity index (χ1v) is 10.6. The molecule has 3 N–H and O–H groups in total. The van der Waals surface area contributed by atoms with Gasteiger partial charge in [-0.15, -0.1) is 11.3 Å². The van der Waals surface area contributed by atoms with E-state index in [4.69, 9.17) is 11.6 Å². The highest BCUT2D eigenvalue weighted by atomic mass is 35.5. The Morgan fingerprint density at radius 1 is 1.20 bits per heavy atom. The number of likely N-dealkylation sites (tertiary alicyclic amines) is 1. The minimum absolute atomic E-state index is 0.212. The normalized spacial score (nSPS) is 15.5. The molecule has 1 aromatic heterocycles. The second-order valence-electron chi connectivity index (χ2n) is 6.67. The number of amides is 4. The van der Waals surface area contributed by atoms with E-state index in [1.165, 1.54) is 41.5 Å². The van der Waals surface area contributed by atoms with Gasteiger partial charge >= 0.3 is 0 Å². The highest BCUT2D eigenvalue weighted by Gasteiger charge is 2.33. The molecule has 0 saturated carbocycles. The molecule has 2 aromatic rings. The maximum Gasteiger partial charge on any atom is 0.265 e. The molecule has 2 heterocycles. The van der Waals surface area contributed by atoms with E-state index >= 15 is 0 Å². The lowest BCUT2D eigenvalue weighted by molar-refractivity contribution is -0.137. The second-order valence-corrected chi connectivity index (χ2v) is 8.02. The van der Waals surface area contributed by atoms with Crippen LogP contribution in [0.3, 0.4) is 0 Å². The highest BCUT2D eigenvalue weighted by Crippen LogP contribution is 2.24. The summed E-state index contributed by atoms with van der Waals surface area (Å²) in [6.45, 7) is 0.248. The largest absolute Gasteiger partial charge is 0.357 e. The third-order valence-electron chi connectivity index (χ3n) is 4.74. The van der Waals surface area contributed by atoms with Crippen molar-refractivity contribution in [2.24, 2.45) is 0 Å². The molecular formula is C20H21ClN4O4S. The summed E-state index contributed by atoms with van der Waals surface area (Å²) in [7, 11) is 1.53. The number of rotatable bonds is 6. The van der Waals surface area contributed by atoms with Crippen LogP contribution in [0.2, 0.25) is 5.02 Å². The smallest absolute Gasteiger partial charge is 0.265 e. The molecule has 1 aliphatic heterocycles. The van der Waals surface area contributed by atoms with E-state index in [-0.39, 0.29) is 34.9 Å². The van der Waals surface area contributed by atoms with Crippen LogP contribution in [0.25, 0.3) is 0 Å². The van der Waals surface area contributed by atoms with Gasteiger partial charge in [-0.2, -0.15) is 0 Å². The number of nitrogens with zero attached hydrogens (tertiary/aromatic N) is 1. The van der Waals surface area contributed by atoms with Gasteiger partial charge in [0.2, 0.25) is 11.8 Å². The Morgan fingerprint density at radius 3 is 2.70 bits per heavy atom. The van der Waals surface area contributed by atoms with Gasteiger partial charge < -0.3 is 20.9 Å². The molecule has 0 bridgehead atoms. The molecule has 30 heavy (non-hydrogen) atoms. The average Bonchev–Trinajstić information content (AvgIpc) is 3.44. The summed E-state index contributed by atoms with van der Waals surface area (Å²) in [6, 6.07) is 7.40. The Hall–Kier alpha value is -2.91. The lowest BCUT2D eigenvalue weighted by Gasteiger charge is -2.23. The molecule has 4 amide bonds. The van der Waals surface area contributed by atoms with Crippen molar-refractivity contribution in [1.82, 2.24) is 15.5 Å². The van der Waals surface area contributed by atoms with Crippen molar-refractivity contribution in [2.75, 3.05) is 25.5 Å². The molecular weight excluding hydrogens is 428 g/mol. The van der Waals surface area contributed by atoms with Crippen LogP contribution in [0.5, 0.6) is 0 Å². The van der Waals surface area contributed by atoms with Gasteiger partial charge in [0.15, 0.2) is 0 Å². The van der Waals surface area contributed by atoms with Crippen molar-refractivity contribution >= 4 is 52.3 Å². The first-order chi connectivity index (χ1) is 14.4. The summed E-state index contributed by atoms with van der Waals surface area (Å²) < 4.78 is 0. The third kappa shape index (κ3) is 4.98. The summed E-state index contributed by atoms with van der Waals surface area (Å²) in [4.78, 5) is 51.1. The highest BCUT2D eigenvalue weighted by molar-refractivity contribution is 7.12. The number of hydrogen-bond acceptors (Lipinski definition) is 5. The molecule has 1 saturated heterocycles. The Bertz CT molecular complexity index is 964. The van der Waals surface area contributed by atoms with Gasteiger partial charge in [0, 0.05) is 19.2 Å². The van der Waals surface area contributed by atoms with Gasteiger partial charge in [0.25, 0.3) is 11.8 Å². The minimum Gasteiger partial charge on any atom is -0.357 e. The molecule has 0 aliphatic carbocycles. The van der Waals surface area contributed by atoms with Gasteiger partial charge in [-0.1, -0.05) is 17.7 Å². The van der Waals surface area contributed by atoms with Crippen LogP contribution in [-0.2, 0) is 9.59 Å². The average molecular weight is 449 g/mol. The zero-order valence-electron chi connectivity index (χ0n) is 16.2. The van der Waals surface area contributed by atoms with E-state index in [9.17, 15) is 19.2 Å². The number of nitrogens with one attached hydrogen (secondary N) is 3. The number of carbonyl (C=O) groups is 4. The first kappa shape index (κ1) is 21.8. The molecule has 1 fully saturated rings. The van der Waals surface area contributed by atoms with Gasteiger partial charge in [0.1, 0.15) is 6.04 Å². The number of benzene rings is 1. The van der Waals surface area contributed by atoms with Crippen LogP contribution in [0.15, 0.2) is 35.7 Å². The van der Waals surface area contributed by atoms with E-state index in [0.717, 1.165) is 6.42 Å². The van der Waals surface area contributed by atoms with Gasteiger partial charge in [-0.05, 0) is 42.5 Å². The molecule has 0 radical (unpaired) electrons. The van der Waals surface area contributed by atoms with Crippen LogP contribution in [0, 0.1) is 0 Å². The van der Waals surface area contributed by atoms with Crippen LogP contribution < -0.4 is 16.0 Å². The Morgan fingerprint density at radius 2 is 2.00 bits per heavy atom. The summed E-state index contributed by atoms with van der Waals surface area (Å²) in [5, 5.41) is 9.87. The third-order valence-corrected chi connectivity index (χ3v) is 5.94. The van der Waals surface area contributed by atoms with Crippen LogP contribution in [-0.4, -0.2) is 54.7 Å². The van der Waals surface area contributed by atoms with E-state index in [1.54, 1.807) is 17.5 Å². The lowest BCUT2D eigenvalue weighted by atomic mass is 10.2. The molecule has 158 valence electrons. The number of likely N-dealkylation sites (N-methyl/N-ethyl adjacent to an activating group) is 1. The van der Waals surface area contributed by atoms with Crippen LogP contribution in [0.1, 0.15) is 32.9 Å². The van der Waals surface area contributed by atoms with E-state index in [0.29, 0.717) is 23.5 Å². The Labute approximate surface area is 182 Å². The molecule has 1 aromatic carbocycles. The van der Waals surface area contributed by atoms with Crippen molar-refractivity contribution in [1.29, 1.82) is 0 Å². The van der Waals surface area contributed by atoms with Gasteiger partial charge in [-0.25, -0.2) is 0 Å². The zero-order valence-corrected chi connectivity index (χ0v) is 17.8. The fourth-order valence-corrected chi connectivity index (χ4v) is 4.00. The maximum atomic E-state index is 12.5. The molecule has 3 rings (SSSR count). The SMILES string of the molecule is CNC(=O)C1CCCN1C(=O)CNC(=O)c1ccc(Cl)c(NC(=O)c2cccs2)c1. The Balaban J connectivity index is 1.62. The van der Waals surface area contributed by atoms with Gasteiger partial charge in [0.05, 0.1) is 22.1 Å². The number of carbonyl (C=O) groups excluding carboxylic acids is 4. The van der Waals surface area contributed by atoms with E-state index < -0.39 is 11.9 Å². The Kier molecular flexibility index (Phi) is 7.07. The lowest BCUT2D eigenvalue weighted by Crippen LogP contribution is -2.48. The fraction of sp³-hybridized carbons (Fsp3) is 0.300. The molecule has 1 unspecified atom stereocenters. The minimum atomic E-state index is -0.506. The molecule has 10 heteroatoms. The van der Waals surface area contributed by atoms with Crippen LogP contribution >= 0.6 is 22.9 Å². The molecule has 1 atom stereocenters. The fourth-order valence-electron chi connectivity index (χ4n) is 3.22. The van der Waals surface area contributed by atoms with Crippen molar-refractivity contribution in [3.05, 3.63) is 51.2 Å². The quantitative estimate of drug-likeness (QED) is 0.629. The second kappa shape index (κ2) is 9.73. The summed E-state index contributed by atoms with van der Waals surface area (Å²) in [6.07, 6.45) is 1.34. The first-order valence-electron chi connectivity index (χ1n) is 9.34. The molecule has 0 spiro atoms.